The minimum atomic E-state index is -4.12. The lowest BCUT2D eigenvalue weighted by molar-refractivity contribution is -0.139. The molecule has 1 atom stereocenters. The SMILES string of the molecule is CC(CC(F)(F)F)NCc1cccc(N)c1. The molecule has 0 aliphatic carbocycles. The Balaban J connectivity index is 2.40. The zero-order valence-corrected chi connectivity index (χ0v) is 9.01. The van der Waals surface area contributed by atoms with E-state index in [0.29, 0.717) is 12.2 Å². The standard InChI is InChI=1S/C11H15F3N2/c1-8(6-11(12,13)14)16-7-9-3-2-4-10(15)5-9/h2-5,8,16H,6-7,15H2,1H3. The summed E-state index contributed by atoms with van der Waals surface area (Å²) in [5, 5.41) is 2.81. The minimum absolute atomic E-state index is 0.391. The van der Waals surface area contributed by atoms with Crippen LogP contribution in [0.25, 0.3) is 0 Å². The van der Waals surface area contributed by atoms with Crippen molar-refractivity contribution in [3.63, 3.8) is 0 Å². The van der Waals surface area contributed by atoms with Crippen LogP contribution in [0.4, 0.5) is 18.9 Å². The number of hydrogen-bond donors (Lipinski definition) is 2. The summed E-state index contributed by atoms with van der Waals surface area (Å²) in [6.45, 7) is 1.90. The highest BCUT2D eigenvalue weighted by Gasteiger charge is 2.29. The third-order valence-corrected chi connectivity index (χ3v) is 2.14. The Bertz CT molecular complexity index is 336. The molecule has 90 valence electrons. The van der Waals surface area contributed by atoms with Crippen molar-refractivity contribution >= 4 is 5.69 Å². The molecule has 0 amide bonds. The second-order valence-corrected chi connectivity index (χ2v) is 3.85. The zero-order valence-electron chi connectivity index (χ0n) is 9.01. The molecule has 0 spiro atoms. The fourth-order valence-electron chi connectivity index (χ4n) is 1.41. The van der Waals surface area contributed by atoms with Crippen molar-refractivity contribution < 1.29 is 13.2 Å². The number of alkyl halides is 3. The van der Waals surface area contributed by atoms with Crippen LogP contribution in [0.15, 0.2) is 24.3 Å². The molecule has 1 unspecified atom stereocenters. The van der Waals surface area contributed by atoms with Gasteiger partial charge in [0, 0.05) is 18.3 Å². The first-order valence-corrected chi connectivity index (χ1v) is 5.01. The molecule has 0 aromatic heterocycles. The molecule has 0 radical (unpaired) electrons. The number of nitrogens with two attached hydrogens (primary N) is 1. The van der Waals surface area contributed by atoms with Crippen LogP contribution in [0, 0.1) is 0 Å². The molecule has 0 aliphatic rings. The Labute approximate surface area is 92.6 Å². The second kappa shape index (κ2) is 5.21. The first-order valence-electron chi connectivity index (χ1n) is 5.01. The molecule has 16 heavy (non-hydrogen) atoms. The molecule has 0 aliphatic heterocycles. The Hall–Kier alpha value is -1.23. The molecule has 1 aromatic carbocycles. The van der Waals surface area contributed by atoms with E-state index in [4.69, 9.17) is 5.73 Å². The zero-order chi connectivity index (χ0) is 12.2. The van der Waals surface area contributed by atoms with Crippen molar-refractivity contribution in [3.05, 3.63) is 29.8 Å². The lowest BCUT2D eigenvalue weighted by atomic mass is 10.1. The predicted octanol–water partition coefficient (Wildman–Crippen LogP) is 2.70. The van der Waals surface area contributed by atoms with Gasteiger partial charge in [0.05, 0.1) is 6.42 Å². The Morgan fingerprint density at radius 1 is 1.38 bits per heavy atom. The smallest absolute Gasteiger partial charge is 0.390 e. The van der Waals surface area contributed by atoms with Crippen LogP contribution in [-0.4, -0.2) is 12.2 Å². The summed E-state index contributed by atoms with van der Waals surface area (Å²) in [6.07, 6.45) is -4.95. The van der Waals surface area contributed by atoms with Crippen molar-refractivity contribution in [2.45, 2.75) is 32.1 Å². The van der Waals surface area contributed by atoms with Crippen LogP contribution in [-0.2, 0) is 6.54 Å². The number of anilines is 1. The summed E-state index contributed by atoms with van der Waals surface area (Å²) in [5.74, 6) is 0. The van der Waals surface area contributed by atoms with Gasteiger partial charge in [-0.1, -0.05) is 12.1 Å². The van der Waals surface area contributed by atoms with Gasteiger partial charge >= 0.3 is 6.18 Å². The number of nitrogen functional groups attached to an aromatic ring is 1. The predicted molar refractivity (Wildman–Crippen MR) is 57.8 cm³/mol. The number of benzene rings is 1. The van der Waals surface area contributed by atoms with Crippen LogP contribution >= 0.6 is 0 Å². The fraction of sp³-hybridized carbons (Fsp3) is 0.455. The monoisotopic (exact) mass is 232 g/mol. The van der Waals surface area contributed by atoms with E-state index in [2.05, 4.69) is 5.32 Å². The van der Waals surface area contributed by atoms with Gasteiger partial charge in [-0.15, -0.1) is 0 Å². The van der Waals surface area contributed by atoms with E-state index in [1.54, 1.807) is 18.2 Å². The fourth-order valence-corrected chi connectivity index (χ4v) is 1.41. The first-order chi connectivity index (χ1) is 7.37. The largest absolute Gasteiger partial charge is 0.399 e. The van der Waals surface area contributed by atoms with Crippen LogP contribution in [0.2, 0.25) is 0 Å². The van der Waals surface area contributed by atoms with Crippen molar-refractivity contribution in [1.29, 1.82) is 0 Å². The molecule has 5 heteroatoms. The Kier molecular flexibility index (Phi) is 4.18. The van der Waals surface area contributed by atoms with E-state index < -0.39 is 18.6 Å². The maximum atomic E-state index is 12.0. The molecular weight excluding hydrogens is 217 g/mol. The lowest BCUT2D eigenvalue weighted by Gasteiger charge is -2.15. The van der Waals surface area contributed by atoms with Crippen molar-refractivity contribution in [2.24, 2.45) is 0 Å². The molecule has 0 fully saturated rings. The third-order valence-electron chi connectivity index (χ3n) is 2.14. The van der Waals surface area contributed by atoms with E-state index in [9.17, 15) is 13.2 Å². The Morgan fingerprint density at radius 2 is 2.06 bits per heavy atom. The molecule has 1 rings (SSSR count). The molecule has 0 heterocycles. The van der Waals surface area contributed by atoms with Crippen molar-refractivity contribution in [2.75, 3.05) is 5.73 Å². The third kappa shape index (κ3) is 5.02. The molecule has 0 bridgehead atoms. The van der Waals surface area contributed by atoms with E-state index in [1.807, 2.05) is 6.07 Å². The van der Waals surface area contributed by atoms with E-state index in [-0.39, 0.29) is 0 Å². The van der Waals surface area contributed by atoms with Crippen LogP contribution in [0.3, 0.4) is 0 Å². The maximum absolute atomic E-state index is 12.0. The molecule has 1 aromatic rings. The van der Waals surface area contributed by atoms with Gasteiger partial charge in [-0.2, -0.15) is 13.2 Å². The van der Waals surface area contributed by atoms with Crippen LogP contribution in [0.5, 0.6) is 0 Å². The second-order valence-electron chi connectivity index (χ2n) is 3.85. The van der Waals surface area contributed by atoms with E-state index in [1.165, 1.54) is 6.92 Å². The molecule has 3 N–H and O–H groups in total. The van der Waals surface area contributed by atoms with Gasteiger partial charge in [0.25, 0.3) is 0 Å². The quantitative estimate of drug-likeness (QED) is 0.783. The Morgan fingerprint density at radius 3 is 2.62 bits per heavy atom. The highest BCUT2D eigenvalue weighted by molar-refractivity contribution is 5.40. The molecule has 0 saturated carbocycles. The lowest BCUT2D eigenvalue weighted by Crippen LogP contribution is -2.30. The summed E-state index contributed by atoms with van der Waals surface area (Å²) >= 11 is 0. The van der Waals surface area contributed by atoms with Gasteiger partial charge in [-0.3, -0.25) is 0 Å². The van der Waals surface area contributed by atoms with Crippen LogP contribution < -0.4 is 11.1 Å². The average molecular weight is 232 g/mol. The maximum Gasteiger partial charge on any atom is 0.390 e. The molecule has 2 nitrogen and oxygen atoms in total. The normalized spacial score (nSPS) is 13.8. The summed E-state index contributed by atoms with van der Waals surface area (Å²) in [4.78, 5) is 0. The van der Waals surface area contributed by atoms with Gasteiger partial charge in [-0.05, 0) is 24.6 Å². The van der Waals surface area contributed by atoms with Gasteiger partial charge < -0.3 is 11.1 Å². The van der Waals surface area contributed by atoms with E-state index in [0.717, 1.165) is 5.56 Å². The highest BCUT2D eigenvalue weighted by Crippen LogP contribution is 2.21. The average Bonchev–Trinajstić information content (AvgIpc) is 2.12. The number of halogens is 3. The van der Waals surface area contributed by atoms with Crippen molar-refractivity contribution in [1.82, 2.24) is 5.32 Å². The topological polar surface area (TPSA) is 38.0 Å². The van der Waals surface area contributed by atoms with Gasteiger partial charge in [0.2, 0.25) is 0 Å². The summed E-state index contributed by atoms with van der Waals surface area (Å²) in [6, 6.07) is 6.49. The summed E-state index contributed by atoms with van der Waals surface area (Å²) in [5.41, 5.74) is 7.06. The van der Waals surface area contributed by atoms with E-state index >= 15 is 0 Å². The summed E-state index contributed by atoms with van der Waals surface area (Å²) in [7, 11) is 0. The first kappa shape index (κ1) is 12.8. The van der Waals surface area contributed by atoms with Gasteiger partial charge in [-0.25, -0.2) is 0 Å². The number of hydrogen-bond acceptors (Lipinski definition) is 2. The van der Waals surface area contributed by atoms with Crippen molar-refractivity contribution in [3.8, 4) is 0 Å². The highest BCUT2D eigenvalue weighted by atomic mass is 19.4. The van der Waals surface area contributed by atoms with Crippen LogP contribution in [0.1, 0.15) is 18.9 Å². The number of rotatable bonds is 4. The molecule has 0 saturated heterocycles. The van der Waals surface area contributed by atoms with Gasteiger partial charge in [0.15, 0.2) is 0 Å². The summed E-state index contributed by atoms with van der Waals surface area (Å²) < 4.78 is 36.1. The molecular formula is C11H15F3N2. The minimum Gasteiger partial charge on any atom is -0.399 e. The van der Waals surface area contributed by atoms with Gasteiger partial charge in [0.1, 0.15) is 0 Å². The number of nitrogens with one attached hydrogen (secondary N) is 1.